The number of fused-ring (bicyclic) bond motifs is 4. The van der Waals surface area contributed by atoms with Gasteiger partial charge in [-0.05, 0) is 19.1 Å². The molecule has 0 saturated carbocycles. The van der Waals surface area contributed by atoms with Crippen molar-refractivity contribution in [1.29, 1.82) is 0 Å². The minimum Gasteiger partial charge on any atom is -0.461 e. The summed E-state index contributed by atoms with van der Waals surface area (Å²) in [5, 5.41) is 4.05. The van der Waals surface area contributed by atoms with E-state index in [1.54, 1.807) is 24.5 Å². The number of nitrogens with zero attached hydrogens (tertiary/aromatic N) is 2. The summed E-state index contributed by atoms with van der Waals surface area (Å²) in [6.07, 6.45) is 0.333. The van der Waals surface area contributed by atoms with Gasteiger partial charge >= 0.3 is 5.97 Å². The lowest BCUT2D eigenvalue weighted by Gasteiger charge is -2.11. The summed E-state index contributed by atoms with van der Waals surface area (Å²) in [6.45, 7) is 9.13. The van der Waals surface area contributed by atoms with Gasteiger partial charge in [-0.3, -0.25) is 14.4 Å². The highest BCUT2D eigenvalue weighted by molar-refractivity contribution is 5.98. The van der Waals surface area contributed by atoms with E-state index < -0.39 is 0 Å². The number of pyridine rings is 2. The third-order valence-corrected chi connectivity index (χ3v) is 6.10. The van der Waals surface area contributed by atoms with E-state index in [-0.39, 0.29) is 23.9 Å². The van der Waals surface area contributed by atoms with Gasteiger partial charge in [0.2, 0.25) is 0 Å². The number of ether oxygens (including phenoxy) is 2. The second-order valence-electron chi connectivity index (χ2n) is 8.31. The van der Waals surface area contributed by atoms with Crippen LogP contribution in [-0.2, 0) is 27.4 Å². The van der Waals surface area contributed by atoms with E-state index in [0.717, 1.165) is 48.3 Å². The van der Waals surface area contributed by atoms with Crippen molar-refractivity contribution in [2.24, 2.45) is 0 Å². The van der Waals surface area contributed by atoms with Gasteiger partial charge in [0, 0.05) is 54.1 Å². The van der Waals surface area contributed by atoms with Crippen molar-refractivity contribution < 1.29 is 19.1 Å². The highest BCUT2D eigenvalue weighted by Crippen LogP contribution is 2.36. The van der Waals surface area contributed by atoms with Crippen LogP contribution in [0, 0.1) is 6.92 Å². The zero-order valence-electron chi connectivity index (χ0n) is 19.8. The Morgan fingerprint density at radius 3 is 2.56 bits per heavy atom. The third kappa shape index (κ3) is 4.64. The lowest BCUT2D eigenvalue weighted by Crippen LogP contribution is -2.30. The zero-order valence-corrected chi connectivity index (χ0v) is 19.8. The van der Waals surface area contributed by atoms with E-state index >= 15 is 0 Å². The third-order valence-electron chi connectivity index (χ3n) is 6.10. The smallest absolute Gasteiger partial charge is 0.302 e. The molecule has 4 heterocycles. The molecule has 1 fully saturated rings. The lowest BCUT2D eigenvalue weighted by atomic mass is 10.00. The molecule has 2 aliphatic rings. The number of ketones is 1. The fourth-order valence-electron chi connectivity index (χ4n) is 4.30. The number of nitrogens with one attached hydrogen (secondary N) is 1. The number of benzene rings is 1. The van der Waals surface area contributed by atoms with Crippen LogP contribution in [0.3, 0.4) is 0 Å². The quantitative estimate of drug-likeness (QED) is 0.367. The second-order valence-corrected chi connectivity index (χ2v) is 8.31. The Balaban J connectivity index is 0.000000398. The van der Waals surface area contributed by atoms with E-state index in [4.69, 9.17) is 14.5 Å². The van der Waals surface area contributed by atoms with Gasteiger partial charge in [0.1, 0.15) is 6.61 Å². The summed E-state index contributed by atoms with van der Waals surface area (Å²) in [7, 11) is 0. The Hall–Kier alpha value is -3.36. The summed E-state index contributed by atoms with van der Waals surface area (Å²) in [4.78, 5) is 41.4. The molecule has 1 saturated heterocycles. The van der Waals surface area contributed by atoms with E-state index in [1.807, 2.05) is 24.3 Å². The van der Waals surface area contributed by atoms with Gasteiger partial charge in [-0.15, -0.1) is 0 Å². The molecule has 0 unspecified atom stereocenters. The van der Waals surface area contributed by atoms with Crippen LogP contribution in [0.1, 0.15) is 47.3 Å². The number of Topliss-reactive ketones (excluding diaryl/α,β-unsaturated/α-hetero) is 1. The van der Waals surface area contributed by atoms with Crippen molar-refractivity contribution in [3.63, 3.8) is 0 Å². The molecule has 0 aliphatic carbocycles. The van der Waals surface area contributed by atoms with Crippen molar-refractivity contribution in [2.45, 2.75) is 40.3 Å². The first-order valence-corrected chi connectivity index (χ1v) is 11.5. The first-order valence-electron chi connectivity index (χ1n) is 11.5. The standard InChI is InChI=1S/C22H20N2O4.C4H9NO/c1-4-20(26)15-9-19-21-16(10-24(19)22(27)12(15)2)17(11-28-13(3)25)14-7-5-6-8-18(14)23-21;1-3-6-4-2-5-1/h5-9H,4,10-11H2,1-3H3;5H,1-4H2. The van der Waals surface area contributed by atoms with Crippen LogP contribution < -0.4 is 10.9 Å². The molecule has 0 atom stereocenters. The molecule has 1 aromatic carbocycles. The van der Waals surface area contributed by atoms with Gasteiger partial charge in [-0.25, -0.2) is 4.98 Å². The predicted octanol–water partition coefficient (Wildman–Crippen LogP) is 3.00. The first-order chi connectivity index (χ1) is 16.4. The molecular weight excluding hydrogens is 434 g/mol. The minimum absolute atomic E-state index is 0.0626. The number of rotatable bonds is 4. The van der Waals surface area contributed by atoms with Gasteiger partial charge in [-0.1, -0.05) is 25.1 Å². The molecule has 0 spiro atoms. The Kier molecular flexibility index (Phi) is 7.19. The minimum atomic E-state index is -0.367. The van der Waals surface area contributed by atoms with Crippen molar-refractivity contribution in [1.82, 2.24) is 14.9 Å². The molecule has 8 heteroatoms. The molecule has 0 radical (unpaired) electrons. The van der Waals surface area contributed by atoms with Gasteiger partial charge in [0.15, 0.2) is 5.78 Å². The highest BCUT2D eigenvalue weighted by atomic mass is 16.5. The number of para-hydroxylation sites is 1. The van der Waals surface area contributed by atoms with Crippen LogP contribution in [0.4, 0.5) is 0 Å². The Morgan fingerprint density at radius 1 is 1.21 bits per heavy atom. The van der Waals surface area contributed by atoms with Crippen LogP contribution >= 0.6 is 0 Å². The Bertz CT molecular complexity index is 1300. The Labute approximate surface area is 197 Å². The van der Waals surface area contributed by atoms with Gasteiger partial charge in [-0.2, -0.15) is 0 Å². The molecule has 2 aliphatic heterocycles. The van der Waals surface area contributed by atoms with Crippen molar-refractivity contribution in [3.05, 3.63) is 62.9 Å². The number of aromatic nitrogens is 2. The molecule has 34 heavy (non-hydrogen) atoms. The van der Waals surface area contributed by atoms with Crippen LogP contribution in [-0.4, -0.2) is 47.6 Å². The van der Waals surface area contributed by atoms with E-state index in [9.17, 15) is 14.4 Å². The predicted molar refractivity (Wildman–Crippen MR) is 129 cm³/mol. The van der Waals surface area contributed by atoms with Crippen LogP contribution in [0.15, 0.2) is 35.1 Å². The molecule has 178 valence electrons. The lowest BCUT2D eigenvalue weighted by molar-refractivity contribution is -0.142. The SMILES string of the molecule is C1COCCN1.CCC(=O)c1cc2n(c(=O)c1C)Cc1c-2nc2ccccc2c1COC(C)=O. The van der Waals surface area contributed by atoms with Crippen LogP contribution in [0.5, 0.6) is 0 Å². The summed E-state index contributed by atoms with van der Waals surface area (Å²) in [5.74, 6) is -0.429. The topological polar surface area (TPSA) is 99.5 Å². The molecule has 1 N–H and O–H groups in total. The molecule has 0 bridgehead atoms. The average molecular weight is 464 g/mol. The molecule has 2 aromatic heterocycles. The van der Waals surface area contributed by atoms with Gasteiger partial charge < -0.3 is 19.4 Å². The van der Waals surface area contributed by atoms with Crippen LogP contribution in [0.25, 0.3) is 22.3 Å². The monoisotopic (exact) mass is 463 g/mol. The second kappa shape index (κ2) is 10.3. The molecule has 8 nitrogen and oxygen atoms in total. The van der Waals surface area contributed by atoms with E-state index in [2.05, 4.69) is 5.32 Å². The number of carbonyl (C=O) groups excluding carboxylic acids is 2. The maximum Gasteiger partial charge on any atom is 0.302 e. The fourth-order valence-corrected chi connectivity index (χ4v) is 4.30. The molecule has 3 aromatic rings. The maximum atomic E-state index is 12.9. The number of carbonyl (C=O) groups is 2. The van der Waals surface area contributed by atoms with Crippen molar-refractivity contribution >= 4 is 22.7 Å². The number of morpholine rings is 1. The number of hydrogen-bond acceptors (Lipinski definition) is 7. The van der Waals surface area contributed by atoms with Crippen molar-refractivity contribution in [3.8, 4) is 11.4 Å². The summed E-state index contributed by atoms with van der Waals surface area (Å²) in [5.41, 5.74) is 4.48. The maximum absolute atomic E-state index is 12.9. The summed E-state index contributed by atoms with van der Waals surface area (Å²) >= 11 is 0. The average Bonchev–Trinajstić information content (AvgIpc) is 3.23. The normalized spacial score (nSPS) is 14.1. The molecule has 0 amide bonds. The largest absolute Gasteiger partial charge is 0.461 e. The van der Waals surface area contributed by atoms with E-state index in [1.165, 1.54) is 6.92 Å². The molecular formula is C26H29N3O5. The first kappa shape index (κ1) is 23.8. The van der Waals surface area contributed by atoms with Gasteiger partial charge in [0.05, 0.1) is 36.7 Å². The summed E-state index contributed by atoms with van der Waals surface area (Å²) in [6, 6.07) is 9.39. The Morgan fingerprint density at radius 2 is 1.94 bits per heavy atom. The number of hydrogen-bond donors (Lipinski definition) is 1. The fraction of sp³-hybridized carbons (Fsp3) is 0.385. The van der Waals surface area contributed by atoms with Crippen molar-refractivity contribution in [2.75, 3.05) is 26.3 Å². The van der Waals surface area contributed by atoms with E-state index in [0.29, 0.717) is 35.5 Å². The van der Waals surface area contributed by atoms with Crippen LogP contribution in [0.2, 0.25) is 0 Å². The van der Waals surface area contributed by atoms with Gasteiger partial charge in [0.25, 0.3) is 5.56 Å². The zero-order chi connectivity index (χ0) is 24.2. The number of esters is 1. The highest BCUT2D eigenvalue weighted by Gasteiger charge is 2.28. The summed E-state index contributed by atoms with van der Waals surface area (Å²) < 4.78 is 11.9. The molecule has 5 rings (SSSR count).